The van der Waals surface area contributed by atoms with Crippen LogP contribution in [0.15, 0.2) is 8.68 Å². The number of rotatable bonds is 7. The summed E-state index contributed by atoms with van der Waals surface area (Å²) in [6.45, 7) is 5.40. The molecule has 0 amide bonds. The van der Waals surface area contributed by atoms with Crippen LogP contribution in [0.5, 0.6) is 0 Å². The molecule has 0 bridgehead atoms. The molecule has 0 saturated heterocycles. The van der Waals surface area contributed by atoms with Crippen molar-refractivity contribution in [2.45, 2.75) is 35.0 Å². The average Bonchev–Trinajstić information content (AvgIpc) is 2.66. The number of hydrogen-bond donors (Lipinski definition) is 1. The molecule has 1 unspecified atom stereocenters. The van der Waals surface area contributed by atoms with E-state index in [0.717, 1.165) is 21.0 Å². The average molecular weight is 263 g/mol. The second kappa shape index (κ2) is 7.49. The van der Waals surface area contributed by atoms with Crippen molar-refractivity contribution in [3.8, 4) is 0 Å². The minimum atomic E-state index is 0.593. The lowest BCUT2D eigenvalue weighted by Crippen LogP contribution is -2.25. The highest BCUT2D eigenvalue weighted by Crippen LogP contribution is 2.27. The minimum Gasteiger partial charge on any atom is -0.315 e. The fourth-order valence-electron chi connectivity index (χ4n) is 1.11. The van der Waals surface area contributed by atoms with Crippen LogP contribution >= 0.6 is 34.9 Å². The van der Waals surface area contributed by atoms with Crippen molar-refractivity contribution in [3.63, 3.8) is 0 Å². The highest BCUT2D eigenvalue weighted by atomic mass is 32.2. The Labute approximate surface area is 104 Å². The van der Waals surface area contributed by atoms with Gasteiger partial charge < -0.3 is 5.32 Å². The third-order valence-electron chi connectivity index (χ3n) is 1.89. The summed E-state index contributed by atoms with van der Waals surface area (Å²) in [6.07, 6.45) is 3.20. The lowest BCUT2D eigenvalue weighted by molar-refractivity contribution is 0.556. The smallest absolute Gasteiger partial charge is 0.175 e. The molecule has 0 spiro atoms. The Morgan fingerprint density at radius 1 is 1.40 bits per heavy atom. The molecule has 1 aromatic rings. The van der Waals surface area contributed by atoms with Crippen LogP contribution in [0.25, 0.3) is 0 Å². The van der Waals surface area contributed by atoms with Crippen molar-refractivity contribution < 1.29 is 0 Å². The van der Waals surface area contributed by atoms with Gasteiger partial charge in [-0.25, -0.2) is 0 Å². The maximum absolute atomic E-state index is 4.12. The second-order valence-electron chi connectivity index (χ2n) is 3.13. The molecule has 0 aliphatic heterocycles. The Bertz CT molecular complexity index is 277. The van der Waals surface area contributed by atoms with Gasteiger partial charge >= 0.3 is 0 Å². The highest BCUT2D eigenvalue weighted by Gasteiger charge is 2.05. The Balaban J connectivity index is 2.19. The van der Waals surface area contributed by atoms with Gasteiger partial charge in [0.05, 0.1) is 0 Å². The minimum absolute atomic E-state index is 0.593. The standard InChI is InChI=1S/C9H17N3S3/c1-4-10-7(2)5-6-14-9-12-11-8(13-3)15-9/h7,10H,4-6H2,1-3H3. The van der Waals surface area contributed by atoms with E-state index in [4.69, 9.17) is 0 Å². The molecule has 0 aliphatic rings. The zero-order valence-electron chi connectivity index (χ0n) is 9.32. The first-order chi connectivity index (χ1) is 7.26. The number of nitrogens with zero attached hydrogens (tertiary/aromatic N) is 2. The quantitative estimate of drug-likeness (QED) is 0.766. The molecule has 15 heavy (non-hydrogen) atoms. The lowest BCUT2D eigenvalue weighted by Gasteiger charge is -2.10. The van der Waals surface area contributed by atoms with Crippen LogP contribution in [-0.2, 0) is 0 Å². The first kappa shape index (κ1) is 13.3. The van der Waals surface area contributed by atoms with E-state index in [1.165, 1.54) is 6.42 Å². The van der Waals surface area contributed by atoms with E-state index >= 15 is 0 Å². The normalized spacial score (nSPS) is 13.0. The fraction of sp³-hybridized carbons (Fsp3) is 0.778. The van der Waals surface area contributed by atoms with Gasteiger partial charge in [0.2, 0.25) is 0 Å². The van der Waals surface area contributed by atoms with Gasteiger partial charge in [-0.15, -0.1) is 10.2 Å². The Kier molecular flexibility index (Phi) is 6.63. The van der Waals surface area contributed by atoms with E-state index in [-0.39, 0.29) is 0 Å². The number of aromatic nitrogens is 2. The zero-order valence-corrected chi connectivity index (χ0v) is 11.8. The molecule has 1 N–H and O–H groups in total. The van der Waals surface area contributed by atoms with Gasteiger partial charge in [0, 0.05) is 11.8 Å². The molecule has 1 atom stereocenters. The summed E-state index contributed by atoms with van der Waals surface area (Å²) in [5.74, 6) is 1.11. The monoisotopic (exact) mass is 263 g/mol. The maximum atomic E-state index is 4.12. The zero-order chi connectivity index (χ0) is 11.1. The summed E-state index contributed by atoms with van der Waals surface area (Å²) in [7, 11) is 0. The molecule has 3 nitrogen and oxygen atoms in total. The molecular formula is C9H17N3S3. The van der Waals surface area contributed by atoms with E-state index < -0.39 is 0 Å². The molecule has 0 saturated carbocycles. The van der Waals surface area contributed by atoms with Crippen LogP contribution < -0.4 is 5.32 Å². The van der Waals surface area contributed by atoms with Gasteiger partial charge in [0.25, 0.3) is 0 Å². The molecule has 1 heterocycles. The van der Waals surface area contributed by atoms with E-state index in [1.54, 1.807) is 34.9 Å². The van der Waals surface area contributed by atoms with E-state index in [2.05, 4.69) is 29.4 Å². The Morgan fingerprint density at radius 3 is 2.73 bits per heavy atom. The molecule has 0 fully saturated rings. The summed E-state index contributed by atoms with van der Waals surface area (Å²) < 4.78 is 2.14. The maximum Gasteiger partial charge on any atom is 0.175 e. The third kappa shape index (κ3) is 5.19. The van der Waals surface area contributed by atoms with Crippen molar-refractivity contribution in [2.24, 2.45) is 0 Å². The number of hydrogen-bond acceptors (Lipinski definition) is 6. The summed E-state index contributed by atoms with van der Waals surface area (Å²) in [4.78, 5) is 0. The van der Waals surface area contributed by atoms with E-state index in [9.17, 15) is 0 Å². The molecule has 86 valence electrons. The molecule has 1 aromatic heterocycles. The molecule has 6 heteroatoms. The summed E-state index contributed by atoms with van der Waals surface area (Å²) >= 11 is 5.14. The summed E-state index contributed by atoms with van der Waals surface area (Å²) in [5.41, 5.74) is 0. The lowest BCUT2D eigenvalue weighted by atomic mass is 10.3. The molecular weight excluding hydrogens is 246 g/mol. The molecule has 1 rings (SSSR count). The van der Waals surface area contributed by atoms with Crippen LogP contribution in [0.1, 0.15) is 20.3 Å². The van der Waals surface area contributed by atoms with Crippen molar-refractivity contribution in [3.05, 3.63) is 0 Å². The SMILES string of the molecule is CCNC(C)CCSc1nnc(SC)s1. The van der Waals surface area contributed by atoms with Crippen LogP contribution in [0.4, 0.5) is 0 Å². The van der Waals surface area contributed by atoms with Crippen LogP contribution in [-0.4, -0.2) is 34.8 Å². The first-order valence-corrected chi connectivity index (χ1v) is 8.02. The van der Waals surface area contributed by atoms with Crippen molar-refractivity contribution in [2.75, 3.05) is 18.6 Å². The Morgan fingerprint density at radius 2 is 2.13 bits per heavy atom. The number of thioether (sulfide) groups is 2. The predicted molar refractivity (Wildman–Crippen MR) is 70.2 cm³/mol. The number of nitrogens with one attached hydrogen (secondary N) is 1. The van der Waals surface area contributed by atoms with E-state index in [0.29, 0.717) is 6.04 Å². The highest BCUT2D eigenvalue weighted by molar-refractivity contribution is 8.02. The van der Waals surface area contributed by atoms with Crippen molar-refractivity contribution >= 4 is 34.9 Å². The van der Waals surface area contributed by atoms with E-state index in [1.807, 2.05) is 6.26 Å². The van der Waals surface area contributed by atoms with Gasteiger partial charge in [-0.3, -0.25) is 0 Å². The van der Waals surface area contributed by atoms with Gasteiger partial charge in [-0.2, -0.15) is 0 Å². The topological polar surface area (TPSA) is 37.8 Å². The third-order valence-corrected chi connectivity index (χ3v) is 4.96. The summed E-state index contributed by atoms with van der Waals surface area (Å²) in [6, 6.07) is 0.593. The summed E-state index contributed by atoms with van der Waals surface area (Å²) in [5, 5.41) is 11.6. The van der Waals surface area contributed by atoms with Gasteiger partial charge in [0.15, 0.2) is 8.68 Å². The van der Waals surface area contributed by atoms with Gasteiger partial charge in [0.1, 0.15) is 0 Å². The fourth-order valence-corrected chi connectivity index (χ4v) is 3.74. The molecule has 0 radical (unpaired) electrons. The van der Waals surface area contributed by atoms with Gasteiger partial charge in [-0.05, 0) is 26.1 Å². The second-order valence-corrected chi connectivity index (χ2v) is 6.51. The van der Waals surface area contributed by atoms with Crippen LogP contribution in [0.2, 0.25) is 0 Å². The first-order valence-electron chi connectivity index (χ1n) is 5.00. The molecule has 0 aliphatic carbocycles. The van der Waals surface area contributed by atoms with Crippen molar-refractivity contribution in [1.82, 2.24) is 15.5 Å². The predicted octanol–water partition coefficient (Wildman–Crippen LogP) is 2.74. The van der Waals surface area contributed by atoms with Crippen LogP contribution in [0, 0.1) is 0 Å². The Hall–Kier alpha value is 0.220. The van der Waals surface area contributed by atoms with Crippen molar-refractivity contribution in [1.29, 1.82) is 0 Å². The largest absolute Gasteiger partial charge is 0.315 e. The molecule has 0 aromatic carbocycles. The van der Waals surface area contributed by atoms with Gasteiger partial charge in [-0.1, -0.05) is 41.8 Å². The van der Waals surface area contributed by atoms with Crippen LogP contribution in [0.3, 0.4) is 0 Å².